The molecule has 8 nitrogen and oxygen atoms in total. The van der Waals surface area contributed by atoms with Crippen LogP contribution in [-0.4, -0.2) is 31.8 Å². The van der Waals surface area contributed by atoms with E-state index in [9.17, 15) is 4.79 Å². The number of hydrogen-bond acceptors (Lipinski definition) is 7. The molecule has 0 atom stereocenters. The van der Waals surface area contributed by atoms with Gasteiger partial charge in [-0.15, -0.1) is 10.2 Å². The predicted octanol–water partition coefficient (Wildman–Crippen LogP) is 4.09. The van der Waals surface area contributed by atoms with E-state index in [2.05, 4.69) is 49.5 Å². The van der Waals surface area contributed by atoms with Crippen molar-refractivity contribution < 1.29 is 4.79 Å². The Bertz CT molecular complexity index is 1320. The van der Waals surface area contributed by atoms with E-state index in [-0.39, 0.29) is 12.5 Å². The van der Waals surface area contributed by atoms with Crippen LogP contribution in [0.2, 0.25) is 0 Å². The van der Waals surface area contributed by atoms with Gasteiger partial charge in [0.05, 0.1) is 17.1 Å². The van der Waals surface area contributed by atoms with Crippen molar-refractivity contribution in [3.8, 4) is 11.4 Å². The summed E-state index contributed by atoms with van der Waals surface area (Å²) in [5.74, 6) is 0.140. The second-order valence-corrected chi connectivity index (χ2v) is 8.26. The molecule has 2 N–H and O–H groups in total. The fourth-order valence-electron chi connectivity index (χ4n) is 3.25. The number of nitrogens with one attached hydrogen (secondary N) is 2. The molecule has 1 amide bonds. The lowest BCUT2D eigenvalue weighted by Crippen LogP contribution is -2.25. The van der Waals surface area contributed by atoms with Gasteiger partial charge in [-0.05, 0) is 42.0 Å². The first kappa shape index (κ1) is 20.0. The number of carbonyl (C=O) groups excluding carboxylic acids is 1. The SMILES string of the molecule is C/C(=N/NC(=O)Cn1nnc(-c2ccccc2)n1)c1ccc2c(c1)Nc1ccccc1S2. The summed E-state index contributed by atoms with van der Waals surface area (Å²) in [5, 5.41) is 19.9. The molecule has 3 aromatic carbocycles. The lowest BCUT2D eigenvalue weighted by molar-refractivity contribution is -0.122. The molecule has 0 bridgehead atoms. The van der Waals surface area contributed by atoms with Crippen LogP contribution in [0.15, 0.2) is 87.7 Å². The molecule has 0 fully saturated rings. The maximum Gasteiger partial charge on any atom is 0.263 e. The molecule has 0 aliphatic carbocycles. The van der Waals surface area contributed by atoms with Crippen LogP contribution in [0.4, 0.5) is 11.4 Å². The average molecular weight is 442 g/mol. The molecule has 32 heavy (non-hydrogen) atoms. The summed E-state index contributed by atoms with van der Waals surface area (Å²) in [6.07, 6.45) is 0. The molecule has 5 rings (SSSR count). The largest absolute Gasteiger partial charge is 0.354 e. The zero-order valence-electron chi connectivity index (χ0n) is 17.2. The Labute approximate surface area is 188 Å². The third-order valence-corrected chi connectivity index (χ3v) is 6.04. The number of hydrazone groups is 1. The highest BCUT2D eigenvalue weighted by molar-refractivity contribution is 7.99. The molecule has 1 aliphatic rings. The summed E-state index contributed by atoms with van der Waals surface area (Å²) in [7, 11) is 0. The van der Waals surface area contributed by atoms with E-state index in [1.807, 2.05) is 61.5 Å². The molecule has 4 aromatic rings. The highest BCUT2D eigenvalue weighted by atomic mass is 32.2. The number of amides is 1. The van der Waals surface area contributed by atoms with Crippen LogP contribution in [0.5, 0.6) is 0 Å². The molecule has 1 aromatic heterocycles. The highest BCUT2D eigenvalue weighted by Gasteiger charge is 2.16. The molecule has 9 heteroatoms. The van der Waals surface area contributed by atoms with Gasteiger partial charge in [-0.3, -0.25) is 4.79 Å². The van der Waals surface area contributed by atoms with E-state index in [0.717, 1.165) is 27.4 Å². The number of anilines is 2. The Balaban J connectivity index is 1.24. The summed E-state index contributed by atoms with van der Waals surface area (Å²) in [4.78, 5) is 15.9. The third kappa shape index (κ3) is 4.23. The van der Waals surface area contributed by atoms with Crippen LogP contribution < -0.4 is 10.7 Å². The zero-order chi connectivity index (χ0) is 21.9. The first-order valence-electron chi connectivity index (χ1n) is 10.0. The number of rotatable bonds is 5. The van der Waals surface area contributed by atoms with Crippen LogP contribution >= 0.6 is 11.8 Å². The Morgan fingerprint density at radius 1 is 1.03 bits per heavy atom. The molecule has 0 saturated carbocycles. The summed E-state index contributed by atoms with van der Waals surface area (Å²) in [6, 6.07) is 23.8. The van der Waals surface area contributed by atoms with E-state index < -0.39 is 0 Å². The molecular formula is C23H19N7OS. The highest BCUT2D eigenvalue weighted by Crippen LogP contribution is 2.44. The van der Waals surface area contributed by atoms with Gasteiger partial charge in [0.1, 0.15) is 6.54 Å². The zero-order valence-corrected chi connectivity index (χ0v) is 18.0. The molecule has 0 radical (unpaired) electrons. The first-order valence-corrected chi connectivity index (χ1v) is 10.8. The lowest BCUT2D eigenvalue weighted by atomic mass is 10.1. The second-order valence-electron chi connectivity index (χ2n) is 7.18. The second kappa shape index (κ2) is 8.64. The van der Waals surface area contributed by atoms with Crippen LogP contribution in [-0.2, 0) is 11.3 Å². The van der Waals surface area contributed by atoms with Crippen molar-refractivity contribution in [2.75, 3.05) is 5.32 Å². The minimum absolute atomic E-state index is 0.0736. The standard InChI is InChI=1S/C23H19N7OS/c1-15(17-11-12-21-19(13-17)24-18-9-5-6-10-20(18)32-21)25-26-22(31)14-30-28-23(27-29-30)16-7-3-2-4-8-16/h2-13,24H,14H2,1H3,(H,26,31)/b25-15-. The number of benzene rings is 3. The molecule has 0 unspecified atom stereocenters. The van der Waals surface area contributed by atoms with Crippen molar-refractivity contribution >= 4 is 34.8 Å². The van der Waals surface area contributed by atoms with Gasteiger partial charge in [0, 0.05) is 15.4 Å². The number of carbonyl (C=O) groups is 1. The number of aromatic nitrogens is 4. The molecule has 0 spiro atoms. The van der Waals surface area contributed by atoms with Crippen molar-refractivity contribution in [3.05, 3.63) is 78.4 Å². The van der Waals surface area contributed by atoms with Crippen molar-refractivity contribution in [2.45, 2.75) is 23.3 Å². The maximum atomic E-state index is 12.3. The fraction of sp³-hybridized carbons (Fsp3) is 0.0870. The minimum atomic E-state index is -0.332. The van der Waals surface area contributed by atoms with Gasteiger partial charge in [0.2, 0.25) is 5.82 Å². The Morgan fingerprint density at radius 3 is 2.69 bits per heavy atom. The third-order valence-electron chi connectivity index (χ3n) is 4.89. The monoisotopic (exact) mass is 441 g/mol. The molecular weight excluding hydrogens is 422 g/mol. The summed E-state index contributed by atoms with van der Waals surface area (Å²) < 4.78 is 0. The van der Waals surface area contributed by atoms with Crippen molar-refractivity contribution in [1.29, 1.82) is 0 Å². The normalized spacial score (nSPS) is 12.5. The average Bonchev–Trinajstić information content (AvgIpc) is 3.29. The van der Waals surface area contributed by atoms with Gasteiger partial charge in [0.25, 0.3) is 5.91 Å². The van der Waals surface area contributed by atoms with E-state index in [1.54, 1.807) is 11.8 Å². The fourth-order valence-corrected chi connectivity index (χ4v) is 4.22. The van der Waals surface area contributed by atoms with E-state index >= 15 is 0 Å². The van der Waals surface area contributed by atoms with Gasteiger partial charge in [0.15, 0.2) is 0 Å². The van der Waals surface area contributed by atoms with Crippen LogP contribution in [0.1, 0.15) is 12.5 Å². The first-order chi connectivity index (χ1) is 15.7. The Kier molecular flexibility index (Phi) is 5.39. The Morgan fingerprint density at radius 2 is 1.81 bits per heavy atom. The predicted molar refractivity (Wildman–Crippen MR) is 124 cm³/mol. The topological polar surface area (TPSA) is 97.1 Å². The minimum Gasteiger partial charge on any atom is -0.354 e. The molecule has 158 valence electrons. The van der Waals surface area contributed by atoms with Gasteiger partial charge in [-0.2, -0.15) is 9.90 Å². The lowest BCUT2D eigenvalue weighted by Gasteiger charge is -2.21. The van der Waals surface area contributed by atoms with Gasteiger partial charge < -0.3 is 5.32 Å². The molecule has 1 aliphatic heterocycles. The number of para-hydroxylation sites is 1. The number of hydrogen-bond donors (Lipinski definition) is 2. The van der Waals surface area contributed by atoms with E-state index in [0.29, 0.717) is 11.5 Å². The van der Waals surface area contributed by atoms with Gasteiger partial charge in [-0.1, -0.05) is 60.3 Å². The number of tetrazole rings is 1. The summed E-state index contributed by atoms with van der Waals surface area (Å²) in [6.45, 7) is 1.78. The number of nitrogens with zero attached hydrogens (tertiary/aromatic N) is 5. The molecule has 0 saturated heterocycles. The quantitative estimate of drug-likeness (QED) is 0.315. The van der Waals surface area contributed by atoms with Crippen LogP contribution in [0.25, 0.3) is 11.4 Å². The summed E-state index contributed by atoms with van der Waals surface area (Å²) in [5.41, 5.74) is 7.13. The van der Waals surface area contributed by atoms with Crippen LogP contribution in [0.3, 0.4) is 0 Å². The maximum absolute atomic E-state index is 12.3. The van der Waals surface area contributed by atoms with Crippen molar-refractivity contribution in [2.24, 2.45) is 5.10 Å². The van der Waals surface area contributed by atoms with Gasteiger partial charge in [-0.25, -0.2) is 5.43 Å². The van der Waals surface area contributed by atoms with Gasteiger partial charge >= 0.3 is 0 Å². The summed E-state index contributed by atoms with van der Waals surface area (Å²) >= 11 is 1.73. The Hall–Kier alpha value is -3.98. The van der Waals surface area contributed by atoms with Crippen molar-refractivity contribution in [1.82, 2.24) is 25.6 Å². The smallest absolute Gasteiger partial charge is 0.263 e. The van der Waals surface area contributed by atoms with Crippen molar-refractivity contribution in [3.63, 3.8) is 0 Å². The number of fused-ring (bicyclic) bond motifs is 2. The van der Waals surface area contributed by atoms with E-state index in [1.165, 1.54) is 9.69 Å². The van der Waals surface area contributed by atoms with E-state index in [4.69, 9.17) is 0 Å². The van der Waals surface area contributed by atoms with Crippen LogP contribution in [0, 0.1) is 0 Å². The molecule has 2 heterocycles.